The van der Waals surface area contributed by atoms with Gasteiger partial charge in [-0.2, -0.15) is 5.26 Å². The summed E-state index contributed by atoms with van der Waals surface area (Å²) in [6, 6.07) is 1.59. The van der Waals surface area contributed by atoms with Gasteiger partial charge in [0.25, 0.3) is 0 Å². The van der Waals surface area contributed by atoms with Crippen LogP contribution in [0.5, 0.6) is 0 Å². The molecular weight excluding hydrogens is 335 g/mol. The molecule has 2 heterocycles. The molecule has 4 unspecified atom stereocenters. The van der Waals surface area contributed by atoms with E-state index in [1.165, 1.54) is 0 Å². The maximum Gasteiger partial charge on any atom is 3.00 e. The maximum absolute atomic E-state index is 9.04. The average Bonchev–Trinajstić information content (AvgIpc) is 2.89. The molecule has 2 aliphatic heterocycles. The predicted molar refractivity (Wildman–Crippen MR) is 67.7 cm³/mol. The molecule has 2 rings (SSSR count). The van der Waals surface area contributed by atoms with Crippen LogP contribution in [-0.2, 0) is 42.2 Å². The summed E-state index contributed by atoms with van der Waals surface area (Å²) in [6.45, 7) is 4.06. The Balaban J connectivity index is 0.00000200. The number of ether oxygens (including phenoxy) is 2. The summed E-state index contributed by atoms with van der Waals surface area (Å²) in [5, 5.41) is 12.9. The van der Waals surface area contributed by atoms with Crippen LogP contribution in [0.3, 0.4) is 0 Å². The van der Waals surface area contributed by atoms with Crippen molar-refractivity contribution >= 4 is 0 Å². The molecule has 20 heavy (non-hydrogen) atoms. The van der Waals surface area contributed by atoms with E-state index >= 15 is 0 Å². The van der Waals surface area contributed by atoms with E-state index in [-0.39, 0.29) is 56.9 Å². The Morgan fingerprint density at radius 1 is 1.60 bits per heavy atom. The summed E-state index contributed by atoms with van der Waals surface area (Å²) in [6.07, 6.45) is 2.40. The van der Waals surface area contributed by atoms with E-state index in [1.54, 1.807) is 0 Å². The maximum atomic E-state index is 9.04. The van der Waals surface area contributed by atoms with Crippen LogP contribution < -0.4 is 0 Å². The Kier molecular flexibility index (Phi) is 6.39. The summed E-state index contributed by atoms with van der Waals surface area (Å²) in [4.78, 5) is 4.84. The number of nitriles is 1. The summed E-state index contributed by atoms with van der Waals surface area (Å²) in [7, 11) is 1.86. The Labute approximate surface area is 144 Å². The van der Waals surface area contributed by atoms with Crippen LogP contribution in [0.15, 0.2) is 5.11 Å². The number of rotatable bonds is 3. The van der Waals surface area contributed by atoms with Gasteiger partial charge in [-0.1, -0.05) is 5.11 Å². The van der Waals surface area contributed by atoms with Crippen LogP contribution >= 0.6 is 0 Å². The largest absolute Gasteiger partial charge is 3.00 e. The third-order valence-electron chi connectivity index (χ3n) is 3.66. The fraction of sp³-hybridized carbons (Fsp3) is 0.833. The minimum Gasteiger partial charge on any atom is -0.348 e. The van der Waals surface area contributed by atoms with E-state index < -0.39 is 5.79 Å². The van der Waals surface area contributed by atoms with Gasteiger partial charge in [0.05, 0.1) is 30.9 Å². The Morgan fingerprint density at radius 2 is 2.30 bits per heavy atom. The fourth-order valence-electron chi connectivity index (χ4n) is 2.64. The molecule has 2 saturated heterocycles. The van der Waals surface area contributed by atoms with Gasteiger partial charge in [-0.3, -0.25) is 0 Å². The Bertz CT molecular complexity index is 432. The van der Waals surface area contributed by atoms with Crippen molar-refractivity contribution in [3.63, 3.8) is 0 Å². The normalized spacial score (nSPS) is 33.8. The van der Waals surface area contributed by atoms with Crippen molar-refractivity contribution in [3.05, 3.63) is 16.9 Å². The molecule has 0 radical (unpaired) electrons. The molecule has 8 heteroatoms. The first-order valence-electron chi connectivity index (χ1n) is 6.29. The first-order valence-corrected chi connectivity index (χ1v) is 6.29. The summed E-state index contributed by atoms with van der Waals surface area (Å²) < 4.78 is 11.3. The fourth-order valence-corrected chi connectivity index (χ4v) is 2.64. The van der Waals surface area contributed by atoms with Crippen molar-refractivity contribution < 1.29 is 42.2 Å². The first kappa shape index (κ1) is 17.8. The van der Waals surface area contributed by atoms with Crippen LogP contribution in [-0.4, -0.2) is 48.6 Å². The molecule has 7 nitrogen and oxygen atoms in total. The van der Waals surface area contributed by atoms with Gasteiger partial charge in [0.1, 0.15) is 0 Å². The number of likely N-dealkylation sites (N-methyl/N-ethyl adjacent to an activating group) is 1. The van der Waals surface area contributed by atoms with Gasteiger partial charge < -0.3 is 20.8 Å². The van der Waals surface area contributed by atoms with Crippen LogP contribution in [0.2, 0.25) is 0 Å². The van der Waals surface area contributed by atoms with Gasteiger partial charge in [0, 0.05) is 4.91 Å². The van der Waals surface area contributed by atoms with Crippen molar-refractivity contribution in [2.45, 2.75) is 50.3 Å². The molecule has 0 aromatic rings. The predicted octanol–water partition coefficient (Wildman–Crippen LogP) is 1.61. The van der Waals surface area contributed by atoms with Crippen molar-refractivity contribution in [1.29, 1.82) is 5.26 Å². The second-order valence-electron chi connectivity index (χ2n) is 5.34. The van der Waals surface area contributed by atoms with Crippen LogP contribution in [0.25, 0.3) is 10.4 Å². The molecule has 0 N–H and O–H groups in total. The molecule has 0 spiro atoms. The third-order valence-corrected chi connectivity index (χ3v) is 3.66. The topological polar surface area (TPSA) is 94.3 Å². The van der Waals surface area contributed by atoms with Gasteiger partial charge in [0.2, 0.25) is 0 Å². The number of hydrogen-bond acceptors (Lipinski definition) is 5. The molecular formula is C12H18N5O2Y+2. The van der Waals surface area contributed by atoms with Crippen LogP contribution in [0.4, 0.5) is 0 Å². The molecule has 0 aliphatic carbocycles. The second kappa shape index (κ2) is 7.17. The molecule has 4 atom stereocenters. The number of likely N-dealkylation sites (tertiary alicyclic amines) is 1. The Hall–Kier alpha value is -0.216. The second-order valence-corrected chi connectivity index (χ2v) is 5.34. The van der Waals surface area contributed by atoms with E-state index in [9.17, 15) is 0 Å². The zero-order valence-electron chi connectivity index (χ0n) is 11.9. The molecule has 0 aromatic heterocycles. The van der Waals surface area contributed by atoms with Crippen molar-refractivity contribution in [2.75, 3.05) is 13.7 Å². The van der Waals surface area contributed by atoms with Gasteiger partial charge in [-0.25, -0.2) is 0 Å². The van der Waals surface area contributed by atoms with Crippen molar-refractivity contribution in [1.82, 2.24) is 4.90 Å². The van der Waals surface area contributed by atoms with Gasteiger partial charge >= 0.3 is 32.7 Å². The quantitative estimate of drug-likeness (QED) is 0.333. The molecule has 0 bridgehead atoms. The standard InChI is InChI=1S/C12H18N5O2.Y/c1-12(2)18-7-10(19-12)11(15-16-14)9-5-4-8(6-13)17(9)3;/h5,8-11H,4,7H2,1-3H3;/q-1;+3. The Morgan fingerprint density at radius 3 is 2.75 bits per heavy atom. The van der Waals surface area contributed by atoms with E-state index in [0.29, 0.717) is 13.0 Å². The van der Waals surface area contributed by atoms with E-state index in [2.05, 4.69) is 16.1 Å². The summed E-state index contributed by atoms with van der Waals surface area (Å²) in [5.41, 5.74) is 8.76. The molecule has 0 aromatic carbocycles. The minimum atomic E-state index is -0.653. The van der Waals surface area contributed by atoms with Gasteiger partial charge in [-0.05, 0) is 26.4 Å². The monoisotopic (exact) mass is 353 g/mol. The summed E-state index contributed by atoms with van der Waals surface area (Å²) in [5.74, 6) is -0.653. The molecule has 104 valence electrons. The van der Waals surface area contributed by atoms with E-state index in [0.717, 1.165) is 0 Å². The average molecular weight is 353 g/mol. The number of nitrogens with zero attached hydrogens (tertiary/aromatic N) is 5. The van der Waals surface area contributed by atoms with Crippen molar-refractivity contribution in [3.8, 4) is 6.07 Å². The number of hydrogen-bond donors (Lipinski definition) is 0. The summed E-state index contributed by atoms with van der Waals surface area (Å²) >= 11 is 0. The van der Waals surface area contributed by atoms with Gasteiger partial charge in [0.15, 0.2) is 5.79 Å². The van der Waals surface area contributed by atoms with Gasteiger partial charge in [-0.15, -0.1) is 12.5 Å². The van der Waals surface area contributed by atoms with Crippen LogP contribution in [0, 0.1) is 17.8 Å². The minimum absolute atomic E-state index is 0. The molecule has 2 aliphatic rings. The number of azide groups is 1. The third kappa shape index (κ3) is 3.70. The smallest absolute Gasteiger partial charge is 0.348 e. The zero-order chi connectivity index (χ0) is 14.0. The van der Waals surface area contributed by atoms with Crippen LogP contribution in [0.1, 0.15) is 20.3 Å². The molecule has 2 fully saturated rings. The first-order chi connectivity index (χ1) is 8.98. The zero-order valence-corrected chi connectivity index (χ0v) is 14.8. The molecule has 0 amide bonds. The van der Waals surface area contributed by atoms with E-state index in [4.69, 9.17) is 20.3 Å². The van der Waals surface area contributed by atoms with E-state index in [1.807, 2.05) is 32.2 Å². The SMILES string of the molecule is CN1C(C#N)C[CH-]C1C(N=[N+]=[N-])C1COC(C)(C)O1.[Y+3]. The molecule has 0 saturated carbocycles. The van der Waals surface area contributed by atoms with Crippen molar-refractivity contribution in [2.24, 2.45) is 5.11 Å².